The molecular formula is C14H15BrO5S. The molecule has 1 heterocycles. The molecular weight excluding hydrogens is 360 g/mol. The summed E-state index contributed by atoms with van der Waals surface area (Å²) in [5.74, 6) is 0.703. The van der Waals surface area contributed by atoms with E-state index in [1.54, 1.807) is 26.2 Å². The van der Waals surface area contributed by atoms with E-state index in [4.69, 9.17) is 19.3 Å². The normalized spacial score (nSPS) is 10.7. The van der Waals surface area contributed by atoms with Gasteiger partial charge in [0.15, 0.2) is 11.5 Å². The van der Waals surface area contributed by atoms with Crippen molar-refractivity contribution >= 4 is 43.3 Å². The Bertz CT molecular complexity index is 652. The standard InChI is InChI=1S/C14H15BrO5S/c1-3-19-14(17)11-6-8-10(21-11)7-9(18-2)13(12(8)15)20-5-4-16/h6-7,16H,3-5H2,1-2H3. The first-order chi connectivity index (χ1) is 10.1. The van der Waals surface area contributed by atoms with Gasteiger partial charge in [0.1, 0.15) is 11.5 Å². The van der Waals surface area contributed by atoms with Gasteiger partial charge in [-0.25, -0.2) is 4.79 Å². The summed E-state index contributed by atoms with van der Waals surface area (Å²) >= 11 is 4.81. The van der Waals surface area contributed by atoms with E-state index in [9.17, 15) is 4.79 Å². The third kappa shape index (κ3) is 3.30. The lowest BCUT2D eigenvalue weighted by Crippen LogP contribution is -2.03. The number of fused-ring (bicyclic) bond motifs is 1. The quantitative estimate of drug-likeness (QED) is 0.786. The van der Waals surface area contributed by atoms with Crippen LogP contribution in [0.2, 0.25) is 0 Å². The molecule has 114 valence electrons. The van der Waals surface area contributed by atoms with Crippen LogP contribution in [0.5, 0.6) is 11.5 Å². The third-order valence-corrected chi connectivity index (χ3v) is 4.57. The molecule has 0 aliphatic carbocycles. The van der Waals surface area contributed by atoms with Crippen LogP contribution in [0.3, 0.4) is 0 Å². The fourth-order valence-corrected chi connectivity index (χ4v) is 3.60. The summed E-state index contributed by atoms with van der Waals surface area (Å²) in [7, 11) is 1.54. The molecule has 0 spiro atoms. The molecule has 0 bridgehead atoms. The van der Waals surface area contributed by atoms with Crippen LogP contribution in [-0.4, -0.2) is 38.0 Å². The molecule has 1 aromatic carbocycles. The molecule has 21 heavy (non-hydrogen) atoms. The minimum absolute atomic E-state index is 0.0919. The van der Waals surface area contributed by atoms with Crippen LogP contribution in [0.4, 0.5) is 0 Å². The molecule has 1 N–H and O–H groups in total. The molecule has 7 heteroatoms. The summed E-state index contributed by atoms with van der Waals surface area (Å²) in [6.07, 6.45) is 0. The van der Waals surface area contributed by atoms with E-state index in [0.29, 0.717) is 27.5 Å². The zero-order valence-corrected chi connectivity index (χ0v) is 14.0. The fraction of sp³-hybridized carbons (Fsp3) is 0.357. The Morgan fingerprint density at radius 1 is 1.43 bits per heavy atom. The molecule has 0 aliphatic rings. The minimum Gasteiger partial charge on any atom is -0.493 e. The summed E-state index contributed by atoms with van der Waals surface area (Å²) in [4.78, 5) is 12.3. The Hall–Kier alpha value is -1.31. The lowest BCUT2D eigenvalue weighted by Gasteiger charge is -2.12. The lowest BCUT2D eigenvalue weighted by molar-refractivity contribution is 0.0532. The first-order valence-electron chi connectivity index (χ1n) is 6.33. The maximum atomic E-state index is 11.8. The second-order valence-electron chi connectivity index (χ2n) is 4.04. The lowest BCUT2D eigenvalue weighted by atomic mass is 10.2. The van der Waals surface area contributed by atoms with Crippen LogP contribution in [0.25, 0.3) is 10.1 Å². The van der Waals surface area contributed by atoms with Crippen molar-refractivity contribution in [3.05, 3.63) is 21.5 Å². The first-order valence-corrected chi connectivity index (χ1v) is 7.94. The number of aliphatic hydroxyl groups excluding tert-OH is 1. The fourth-order valence-electron chi connectivity index (χ4n) is 1.84. The molecule has 0 saturated carbocycles. The van der Waals surface area contributed by atoms with Crippen molar-refractivity contribution in [2.24, 2.45) is 0 Å². The van der Waals surface area contributed by atoms with E-state index >= 15 is 0 Å². The number of carbonyl (C=O) groups excluding carboxylic acids is 1. The highest BCUT2D eigenvalue weighted by Crippen LogP contribution is 2.44. The van der Waals surface area contributed by atoms with E-state index in [2.05, 4.69) is 15.9 Å². The zero-order valence-electron chi connectivity index (χ0n) is 11.6. The second-order valence-corrected chi connectivity index (χ2v) is 5.91. The molecule has 0 saturated heterocycles. The van der Waals surface area contributed by atoms with Gasteiger partial charge in [0.05, 0.1) is 24.8 Å². The van der Waals surface area contributed by atoms with Gasteiger partial charge in [0.25, 0.3) is 0 Å². The van der Waals surface area contributed by atoms with Crippen LogP contribution in [0.15, 0.2) is 16.6 Å². The van der Waals surface area contributed by atoms with E-state index in [1.165, 1.54) is 11.3 Å². The Kier molecular flexibility index (Phi) is 5.44. The maximum Gasteiger partial charge on any atom is 0.348 e. The summed E-state index contributed by atoms with van der Waals surface area (Å²) in [6, 6.07) is 3.56. The number of benzene rings is 1. The molecule has 0 atom stereocenters. The number of ether oxygens (including phenoxy) is 3. The van der Waals surface area contributed by atoms with E-state index in [-0.39, 0.29) is 19.2 Å². The largest absolute Gasteiger partial charge is 0.493 e. The summed E-state index contributed by atoms with van der Waals surface area (Å²) in [5.41, 5.74) is 0. The number of hydrogen-bond donors (Lipinski definition) is 1. The predicted molar refractivity (Wildman–Crippen MR) is 84.6 cm³/mol. The smallest absolute Gasteiger partial charge is 0.348 e. The van der Waals surface area contributed by atoms with E-state index < -0.39 is 0 Å². The molecule has 0 amide bonds. The van der Waals surface area contributed by atoms with Crippen molar-refractivity contribution in [3.63, 3.8) is 0 Å². The summed E-state index contributed by atoms with van der Waals surface area (Å²) < 4.78 is 17.4. The molecule has 0 radical (unpaired) electrons. The number of carbonyl (C=O) groups is 1. The predicted octanol–water partition coefficient (Wildman–Crippen LogP) is 3.22. The Morgan fingerprint density at radius 3 is 2.81 bits per heavy atom. The van der Waals surface area contributed by atoms with Gasteiger partial charge in [-0.1, -0.05) is 0 Å². The van der Waals surface area contributed by atoms with Crippen molar-refractivity contribution in [2.45, 2.75) is 6.92 Å². The number of thiophene rings is 1. The molecule has 0 unspecified atom stereocenters. The maximum absolute atomic E-state index is 11.8. The van der Waals surface area contributed by atoms with Crippen molar-refractivity contribution in [3.8, 4) is 11.5 Å². The number of aliphatic hydroxyl groups is 1. The molecule has 0 fully saturated rings. The van der Waals surface area contributed by atoms with Crippen LogP contribution in [0, 0.1) is 0 Å². The first kappa shape index (κ1) is 16.1. The van der Waals surface area contributed by atoms with Gasteiger partial charge < -0.3 is 19.3 Å². The van der Waals surface area contributed by atoms with Crippen LogP contribution in [-0.2, 0) is 4.74 Å². The highest BCUT2D eigenvalue weighted by molar-refractivity contribution is 9.10. The summed E-state index contributed by atoms with van der Waals surface area (Å²) in [6.45, 7) is 2.17. The molecule has 1 aromatic heterocycles. The molecule has 2 rings (SSSR count). The topological polar surface area (TPSA) is 65.0 Å². The Balaban J connectivity index is 2.50. The summed E-state index contributed by atoms with van der Waals surface area (Å²) in [5, 5.41) is 9.74. The minimum atomic E-state index is -0.345. The van der Waals surface area contributed by atoms with Crippen molar-refractivity contribution in [1.82, 2.24) is 0 Å². The van der Waals surface area contributed by atoms with Gasteiger partial charge >= 0.3 is 5.97 Å². The van der Waals surface area contributed by atoms with Gasteiger partial charge in [0, 0.05) is 16.2 Å². The van der Waals surface area contributed by atoms with Crippen molar-refractivity contribution in [2.75, 3.05) is 26.9 Å². The SMILES string of the molecule is CCOC(=O)c1cc2c(Br)c(OCCO)c(OC)cc2s1. The van der Waals surface area contributed by atoms with Crippen LogP contribution >= 0.6 is 27.3 Å². The molecule has 5 nitrogen and oxygen atoms in total. The van der Waals surface area contributed by atoms with Gasteiger partial charge in [-0.05, 0) is 28.9 Å². The third-order valence-electron chi connectivity index (χ3n) is 2.72. The van der Waals surface area contributed by atoms with Crippen molar-refractivity contribution < 1.29 is 24.1 Å². The van der Waals surface area contributed by atoms with Crippen molar-refractivity contribution in [1.29, 1.82) is 0 Å². The zero-order chi connectivity index (χ0) is 15.4. The number of halogens is 1. The number of esters is 1. The highest BCUT2D eigenvalue weighted by Gasteiger charge is 2.19. The monoisotopic (exact) mass is 374 g/mol. The molecule has 0 aliphatic heterocycles. The average molecular weight is 375 g/mol. The van der Waals surface area contributed by atoms with Crippen LogP contribution in [0.1, 0.15) is 16.6 Å². The Labute approximate surface area is 134 Å². The Morgan fingerprint density at radius 2 is 2.19 bits per heavy atom. The number of methoxy groups -OCH3 is 1. The second kappa shape index (κ2) is 7.11. The van der Waals surface area contributed by atoms with Gasteiger partial charge in [-0.15, -0.1) is 11.3 Å². The number of rotatable bonds is 6. The highest BCUT2D eigenvalue weighted by atomic mass is 79.9. The van der Waals surface area contributed by atoms with Gasteiger partial charge in [-0.2, -0.15) is 0 Å². The average Bonchev–Trinajstić information content (AvgIpc) is 2.90. The van der Waals surface area contributed by atoms with Crippen LogP contribution < -0.4 is 9.47 Å². The van der Waals surface area contributed by atoms with Gasteiger partial charge in [-0.3, -0.25) is 0 Å². The number of hydrogen-bond acceptors (Lipinski definition) is 6. The van der Waals surface area contributed by atoms with Gasteiger partial charge in [0.2, 0.25) is 0 Å². The molecule has 2 aromatic rings. The van der Waals surface area contributed by atoms with E-state index in [1.807, 2.05) is 0 Å². The van der Waals surface area contributed by atoms with E-state index in [0.717, 1.165) is 10.1 Å².